The molecule has 1 aromatic rings. The molecule has 23 heavy (non-hydrogen) atoms. The smallest absolute Gasteiger partial charge is 0.415 e. The molecule has 0 radical (unpaired) electrons. The van der Waals surface area contributed by atoms with Gasteiger partial charge >= 0.3 is 12.8 Å². The van der Waals surface area contributed by atoms with Crippen LogP contribution in [0.3, 0.4) is 0 Å². The van der Waals surface area contributed by atoms with Crippen LogP contribution >= 0.6 is 0 Å². The Morgan fingerprint density at radius 1 is 1.35 bits per heavy atom. The molecule has 1 atom stereocenters. The molecule has 1 N–H and O–H groups in total. The first-order valence-electron chi connectivity index (χ1n) is 6.08. The van der Waals surface area contributed by atoms with Crippen LogP contribution in [0, 0.1) is 0 Å². The molecule has 0 saturated carbocycles. The van der Waals surface area contributed by atoms with Gasteiger partial charge in [-0.05, 0) is 6.92 Å². The standard InChI is InChI=1S/C10H10F5N3O4S/c1-4(23(19,20)5-2-3-21-18-5)6-7(10(13,14)15)16-17-8(6)22-9(11)12/h4,9H,2-3H2,1H3,(H,16,17). The lowest BCUT2D eigenvalue weighted by Gasteiger charge is -2.15. The third kappa shape index (κ3) is 3.38. The van der Waals surface area contributed by atoms with E-state index in [-0.39, 0.29) is 13.0 Å². The fourth-order valence-corrected chi connectivity index (χ4v) is 3.41. The van der Waals surface area contributed by atoms with Crippen molar-refractivity contribution in [3.63, 3.8) is 0 Å². The molecule has 0 bridgehead atoms. The van der Waals surface area contributed by atoms with E-state index in [1.807, 2.05) is 0 Å². The van der Waals surface area contributed by atoms with Crippen LogP contribution in [0.1, 0.15) is 29.9 Å². The summed E-state index contributed by atoms with van der Waals surface area (Å²) in [5.41, 5.74) is -2.61. The van der Waals surface area contributed by atoms with E-state index in [2.05, 4.69) is 19.8 Å². The van der Waals surface area contributed by atoms with Crippen molar-refractivity contribution in [1.29, 1.82) is 0 Å². The van der Waals surface area contributed by atoms with E-state index in [1.165, 1.54) is 5.10 Å². The highest BCUT2D eigenvalue weighted by Gasteiger charge is 2.44. The quantitative estimate of drug-likeness (QED) is 0.828. The highest BCUT2D eigenvalue weighted by atomic mass is 32.2. The Hall–Kier alpha value is -1.92. The van der Waals surface area contributed by atoms with Gasteiger partial charge in [0.1, 0.15) is 12.3 Å². The monoisotopic (exact) mass is 363 g/mol. The number of oxime groups is 1. The van der Waals surface area contributed by atoms with Gasteiger partial charge in [0.15, 0.2) is 5.04 Å². The normalized spacial score (nSPS) is 17.1. The fraction of sp³-hybridized carbons (Fsp3) is 0.600. The number of hydrogen-bond acceptors (Lipinski definition) is 6. The number of nitrogens with one attached hydrogen (secondary N) is 1. The number of sulfone groups is 1. The summed E-state index contributed by atoms with van der Waals surface area (Å²) in [6.07, 6.45) is -5.17. The Bertz CT molecular complexity index is 713. The van der Waals surface area contributed by atoms with Gasteiger partial charge in [-0.25, -0.2) is 8.42 Å². The Kier molecular flexibility index (Phi) is 4.50. The fourth-order valence-electron chi connectivity index (χ4n) is 1.95. The second-order valence-electron chi connectivity index (χ2n) is 4.45. The predicted octanol–water partition coefficient (Wildman–Crippen LogP) is 2.24. The van der Waals surface area contributed by atoms with Crippen molar-refractivity contribution in [2.24, 2.45) is 5.16 Å². The van der Waals surface area contributed by atoms with Crippen LogP contribution in [0.4, 0.5) is 22.0 Å². The van der Waals surface area contributed by atoms with Gasteiger partial charge < -0.3 is 9.57 Å². The lowest BCUT2D eigenvalue weighted by atomic mass is 10.2. The highest BCUT2D eigenvalue weighted by molar-refractivity contribution is 8.06. The molecule has 1 aromatic heterocycles. The summed E-state index contributed by atoms with van der Waals surface area (Å²) >= 11 is 0. The Balaban J connectivity index is 2.53. The minimum Gasteiger partial charge on any atom is -0.415 e. The van der Waals surface area contributed by atoms with Crippen LogP contribution in [0.2, 0.25) is 0 Å². The molecule has 0 saturated heterocycles. The van der Waals surface area contributed by atoms with Gasteiger partial charge in [-0.3, -0.25) is 5.10 Å². The molecule has 0 amide bonds. The van der Waals surface area contributed by atoms with Gasteiger partial charge in [-0.2, -0.15) is 22.0 Å². The molecule has 7 nitrogen and oxygen atoms in total. The van der Waals surface area contributed by atoms with E-state index in [0.29, 0.717) is 0 Å². The molecule has 1 aliphatic rings. The van der Waals surface area contributed by atoms with Crippen molar-refractivity contribution in [1.82, 2.24) is 10.2 Å². The molecule has 13 heteroatoms. The first-order chi connectivity index (χ1) is 10.5. The van der Waals surface area contributed by atoms with Crippen molar-refractivity contribution in [3.05, 3.63) is 11.3 Å². The molecule has 0 aliphatic carbocycles. The van der Waals surface area contributed by atoms with Crippen LogP contribution in [0.25, 0.3) is 0 Å². The van der Waals surface area contributed by atoms with Gasteiger partial charge in [0.25, 0.3) is 0 Å². The van der Waals surface area contributed by atoms with Crippen LogP contribution in [0.5, 0.6) is 5.88 Å². The topological polar surface area (TPSA) is 93.6 Å². The number of H-pyrrole nitrogens is 1. The van der Waals surface area contributed by atoms with Crippen molar-refractivity contribution >= 4 is 14.9 Å². The number of aromatic nitrogens is 2. The minimum atomic E-state index is -5.04. The number of aromatic amines is 1. The SMILES string of the molecule is CC(c1c(OC(F)F)n[nH]c1C(F)(F)F)S(=O)(=O)C1=NOCC1. The van der Waals surface area contributed by atoms with Gasteiger partial charge in [0.05, 0.1) is 10.8 Å². The van der Waals surface area contributed by atoms with E-state index in [1.54, 1.807) is 0 Å². The Morgan fingerprint density at radius 2 is 2.00 bits per heavy atom. The predicted molar refractivity (Wildman–Crippen MR) is 65.6 cm³/mol. The number of rotatable bonds is 4. The van der Waals surface area contributed by atoms with Crippen molar-refractivity contribution in [3.8, 4) is 5.88 Å². The molecule has 1 unspecified atom stereocenters. The first kappa shape index (κ1) is 17.4. The maximum absolute atomic E-state index is 13.0. The van der Waals surface area contributed by atoms with Gasteiger partial charge in [0, 0.05) is 6.42 Å². The molecular weight excluding hydrogens is 353 g/mol. The molecule has 1 aliphatic heterocycles. The van der Waals surface area contributed by atoms with E-state index >= 15 is 0 Å². The van der Waals surface area contributed by atoms with E-state index in [9.17, 15) is 30.4 Å². The summed E-state index contributed by atoms with van der Waals surface area (Å²) in [5, 5.41) is 5.41. The average Bonchev–Trinajstić information content (AvgIpc) is 3.05. The molecular formula is C10H10F5N3O4S. The maximum Gasteiger partial charge on any atom is 0.433 e. The average molecular weight is 363 g/mol. The first-order valence-corrected chi connectivity index (χ1v) is 7.62. The second kappa shape index (κ2) is 5.94. The zero-order chi connectivity index (χ0) is 17.4. The van der Waals surface area contributed by atoms with Crippen molar-refractivity contribution in [2.45, 2.75) is 31.4 Å². The minimum absolute atomic E-state index is 0.0425. The highest BCUT2D eigenvalue weighted by Crippen LogP contribution is 2.41. The van der Waals surface area contributed by atoms with Gasteiger partial charge in [0.2, 0.25) is 15.7 Å². The lowest BCUT2D eigenvalue weighted by molar-refractivity contribution is -0.141. The third-order valence-corrected chi connectivity index (χ3v) is 5.13. The summed E-state index contributed by atoms with van der Waals surface area (Å²) in [4.78, 5) is 4.52. The molecule has 0 spiro atoms. The largest absolute Gasteiger partial charge is 0.433 e. The molecule has 2 heterocycles. The summed E-state index contributed by atoms with van der Waals surface area (Å²) < 4.78 is 92.0. The van der Waals surface area contributed by atoms with Crippen molar-refractivity contribution < 1.29 is 39.9 Å². The number of hydrogen-bond donors (Lipinski definition) is 1. The van der Waals surface area contributed by atoms with Crippen LogP contribution in [0.15, 0.2) is 5.16 Å². The van der Waals surface area contributed by atoms with E-state index < -0.39 is 50.1 Å². The van der Waals surface area contributed by atoms with E-state index in [4.69, 9.17) is 0 Å². The zero-order valence-electron chi connectivity index (χ0n) is 11.4. The summed E-state index contributed by atoms with van der Waals surface area (Å²) in [7, 11) is -4.36. The summed E-state index contributed by atoms with van der Waals surface area (Å²) in [6, 6.07) is 0. The van der Waals surface area contributed by atoms with Crippen molar-refractivity contribution in [2.75, 3.05) is 6.61 Å². The van der Waals surface area contributed by atoms with Gasteiger partial charge in [-0.15, -0.1) is 5.10 Å². The number of nitrogens with zero attached hydrogens (tertiary/aromatic N) is 2. The number of ether oxygens (including phenoxy) is 1. The third-order valence-electron chi connectivity index (χ3n) is 3.03. The van der Waals surface area contributed by atoms with Gasteiger partial charge in [-0.1, -0.05) is 5.16 Å². The molecule has 2 rings (SSSR count). The zero-order valence-corrected chi connectivity index (χ0v) is 12.2. The second-order valence-corrected chi connectivity index (χ2v) is 6.72. The summed E-state index contributed by atoms with van der Waals surface area (Å²) in [5.74, 6) is -1.14. The maximum atomic E-state index is 13.0. The van der Waals surface area contributed by atoms with Crippen LogP contribution < -0.4 is 4.74 Å². The molecule has 0 aromatic carbocycles. The van der Waals surface area contributed by atoms with E-state index in [0.717, 1.165) is 6.92 Å². The number of halogens is 5. The summed E-state index contributed by atoms with van der Waals surface area (Å²) in [6.45, 7) is -2.62. The molecule has 0 fully saturated rings. The molecule has 130 valence electrons. The lowest BCUT2D eigenvalue weighted by Crippen LogP contribution is -2.22. The number of alkyl halides is 5. The Morgan fingerprint density at radius 3 is 2.48 bits per heavy atom. The Labute approximate surface area is 126 Å². The van der Waals surface area contributed by atoms with Crippen LogP contribution in [-0.2, 0) is 20.9 Å². The van der Waals surface area contributed by atoms with Crippen LogP contribution in [-0.4, -0.2) is 36.9 Å².